The highest BCUT2D eigenvalue weighted by molar-refractivity contribution is 5.34. The quantitative estimate of drug-likeness (QED) is 0.254. The van der Waals surface area contributed by atoms with Crippen LogP contribution < -0.4 is 0 Å². The van der Waals surface area contributed by atoms with Crippen molar-refractivity contribution in [1.29, 1.82) is 0 Å². The van der Waals surface area contributed by atoms with Crippen LogP contribution in [0.5, 0.6) is 0 Å². The normalized spacial score (nSPS) is 30.2. The Kier molecular flexibility index (Phi) is 9.36. The minimum atomic E-state index is 0.968. The molecule has 0 aromatic heterocycles. The third-order valence-electron chi connectivity index (χ3n) is 9.51. The molecule has 32 heavy (non-hydrogen) atoms. The van der Waals surface area contributed by atoms with Gasteiger partial charge in [0.2, 0.25) is 0 Å². The number of hydrogen-bond acceptors (Lipinski definition) is 0. The van der Waals surface area contributed by atoms with Crippen LogP contribution >= 0.6 is 0 Å². The van der Waals surface area contributed by atoms with E-state index in [2.05, 4.69) is 44.2 Å². The Morgan fingerprint density at radius 3 is 2.44 bits per heavy atom. The SMILES string of the molecule is CC=CCC[C@@H]1CC[C@@H]2CC(C3CCc4cc(CCCCCCC)ccc4C3)CCC2C1. The van der Waals surface area contributed by atoms with Crippen molar-refractivity contribution in [2.24, 2.45) is 29.6 Å². The molecule has 0 saturated heterocycles. The average molecular weight is 435 g/mol. The molecule has 5 atom stereocenters. The lowest BCUT2D eigenvalue weighted by Crippen LogP contribution is -2.35. The van der Waals surface area contributed by atoms with Crippen molar-refractivity contribution in [2.75, 3.05) is 0 Å². The van der Waals surface area contributed by atoms with Crippen molar-refractivity contribution >= 4 is 0 Å². The van der Waals surface area contributed by atoms with Gasteiger partial charge in [0.25, 0.3) is 0 Å². The van der Waals surface area contributed by atoms with Crippen LogP contribution in [0.15, 0.2) is 30.4 Å². The van der Waals surface area contributed by atoms with Crippen LogP contribution in [0.2, 0.25) is 0 Å². The first kappa shape index (κ1) is 24.1. The molecule has 3 aliphatic rings. The zero-order valence-corrected chi connectivity index (χ0v) is 21.3. The summed E-state index contributed by atoms with van der Waals surface area (Å²) in [7, 11) is 0. The molecule has 3 aliphatic carbocycles. The predicted molar refractivity (Wildman–Crippen MR) is 140 cm³/mol. The minimum Gasteiger partial charge on any atom is -0.0917 e. The first-order valence-corrected chi connectivity index (χ1v) is 14.5. The molecular formula is C32H50. The van der Waals surface area contributed by atoms with Gasteiger partial charge in [0.1, 0.15) is 0 Å². The summed E-state index contributed by atoms with van der Waals surface area (Å²) >= 11 is 0. The van der Waals surface area contributed by atoms with E-state index < -0.39 is 0 Å². The fourth-order valence-electron chi connectivity index (χ4n) is 7.54. The Labute approximate surface area is 199 Å². The number of unbranched alkanes of at least 4 members (excludes halogenated alkanes) is 4. The van der Waals surface area contributed by atoms with Gasteiger partial charge in [0.15, 0.2) is 0 Å². The number of benzene rings is 1. The summed E-state index contributed by atoms with van der Waals surface area (Å²) in [6.45, 7) is 4.47. The highest BCUT2D eigenvalue weighted by Gasteiger charge is 2.38. The number of allylic oxidation sites excluding steroid dienone is 2. The third kappa shape index (κ3) is 6.51. The van der Waals surface area contributed by atoms with E-state index in [0.717, 1.165) is 29.6 Å². The van der Waals surface area contributed by atoms with E-state index in [0.29, 0.717) is 0 Å². The van der Waals surface area contributed by atoms with E-state index >= 15 is 0 Å². The van der Waals surface area contributed by atoms with Gasteiger partial charge in [-0.3, -0.25) is 0 Å². The highest BCUT2D eigenvalue weighted by atomic mass is 14.4. The molecule has 0 heteroatoms. The number of rotatable bonds is 10. The van der Waals surface area contributed by atoms with Crippen molar-refractivity contribution in [2.45, 2.75) is 123 Å². The fraction of sp³-hybridized carbons (Fsp3) is 0.750. The Hall–Kier alpha value is -1.04. The second-order valence-electron chi connectivity index (χ2n) is 11.7. The van der Waals surface area contributed by atoms with E-state index in [1.807, 2.05) is 0 Å². The summed E-state index contributed by atoms with van der Waals surface area (Å²) in [5.41, 5.74) is 5.00. The van der Waals surface area contributed by atoms with Crippen LogP contribution in [0.3, 0.4) is 0 Å². The molecule has 0 amide bonds. The lowest BCUT2D eigenvalue weighted by Gasteiger charge is -2.45. The van der Waals surface area contributed by atoms with E-state index in [9.17, 15) is 0 Å². The summed E-state index contributed by atoms with van der Waals surface area (Å²) in [4.78, 5) is 0. The summed E-state index contributed by atoms with van der Waals surface area (Å²) in [6.07, 6.45) is 29.0. The molecule has 0 bridgehead atoms. The second-order valence-corrected chi connectivity index (χ2v) is 11.7. The maximum Gasteiger partial charge on any atom is -0.0245 e. The fourth-order valence-corrected chi connectivity index (χ4v) is 7.54. The van der Waals surface area contributed by atoms with Crippen molar-refractivity contribution in [3.8, 4) is 0 Å². The summed E-state index contributed by atoms with van der Waals surface area (Å²) in [5, 5.41) is 0. The topological polar surface area (TPSA) is 0 Å². The lowest BCUT2D eigenvalue weighted by molar-refractivity contribution is 0.0699. The molecule has 4 rings (SSSR count). The van der Waals surface area contributed by atoms with Crippen molar-refractivity contribution < 1.29 is 0 Å². The maximum atomic E-state index is 2.58. The summed E-state index contributed by atoms with van der Waals surface area (Å²) < 4.78 is 0. The van der Waals surface area contributed by atoms with E-state index in [-0.39, 0.29) is 0 Å². The van der Waals surface area contributed by atoms with Crippen LogP contribution in [0, 0.1) is 29.6 Å². The van der Waals surface area contributed by atoms with Crippen LogP contribution in [0.4, 0.5) is 0 Å². The Balaban J connectivity index is 1.24. The van der Waals surface area contributed by atoms with Gasteiger partial charge in [-0.05, 0) is 130 Å². The van der Waals surface area contributed by atoms with Crippen LogP contribution in [0.25, 0.3) is 0 Å². The van der Waals surface area contributed by atoms with E-state index in [4.69, 9.17) is 0 Å². The first-order valence-electron chi connectivity index (χ1n) is 14.5. The van der Waals surface area contributed by atoms with Gasteiger partial charge in [-0.1, -0.05) is 69.4 Å². The van der Waals surface area contributed by atoms with E-state index in [1.54, 1.807) is 29.5 Å². The monoisotopic (exact) mass is 434 g/mol. The molecule has 0 spiro atoms. The number of hydrogen-bond donors (Lipinski definition) is 0. The largest absolute Gasteiger partial charge is 0.0917 e. The first-order chi connectivity index (χ1) is 15.8. The second kappa shape index (κ2) is 12.4. The van der Waals surface area contributed by atoms with Gasteiger partial charge in [-0.2, -0.15) is 0 Å². The summed E-state index contributed by atoms with van der Waals surface area (Å²) in [5.74, 6) is 5.12. The zero-order chi connectivity index (χ0) is 22.2. The molecule has 2 saturated carbocycles. The van der Waals surface area contributed by atoms with Crippen LogP contribution in [0.1, 0.15) is 120 Å². The molecule has 0 heterocycles. The van der Waals surface area contributed by atoms with Gasteiger partial charge in [0.05, 0.1) is 0 Å². The molecule has 0 N–H and O–H groups in total. The third-order valence-corrected chi connectivity index (χ3v) is 9.51. The molecule has 0 nitrogen and oxygen atoms in total. The van der Waals surface area contributed by atoms with Crippen LogP contribution in [-0.4, -0.2) is 0 Å². The zero-order valence-electron chi connectivity index (χ0n) is 21.3. The lowest BCUT2D eigenvalue weighted by atomic mass is 9.61. The Morgan fingerprint density at radius 2 is 1.59 bits per heavy atom. The predicted octanol–water partition coefficient (Wildman–Crippen LogP) is 9.49. The van der Waals surface area contributed by atoms with Crippen molar-refractivity contribution in [1.82, 2.24) is 0 Å². The Morgan fingerprint density at radius 1 is 0.812 bits per heavy atom. The van der Waals surface area contributed by atoms with E-state index in [1.165, 1.54) is 96.3 Å². The maximum absolute atomic E-state index is 2.58. The molecule has 3 unspecified atom stereocenters. The van der Waals surface area contributed by atoms with Crippen molar-refractivity contribution in [3.63, 3.8) is 0 Å². The van der Waals surface area contributed by atoms with Gasteiger partial charge in [0, 0.05) is 0 Å². The summed E-state index contributed by atoms with van der Waals surface area (Å²) in [6, 6.07) is 7.56. The van der Waals surface area contributed by atoms with Crippen LogP contribution in [-0.2, 0) is 19.3 Å². The minimum absolute atomic E-state index is 0.968. The van der Waals surface area contributed by atoms with Gasteiger partial charge >= 0.3 is 0 Å². The molecule has 2 fully saturated rings. The van der Waals surface area contributed by atoms with Crippen molar-refractivity contribution in [3.05, 3.63) is 47.0 Å². The molecule has 1 aromatic rings. The average Bonchev–Trinajstić information content (AvgIpc) is 2.83. The molecule has 1 aromatic carbocycles. The number of aryl methyl sites for hydroxylation is 2. The standard InChI is InChI=1S/C32H50/c1-3-5-7-8-10-12-26-14-16-30-24-32(20-18-28(30)22-26)31-19-17-27-21-25(11-9-6-4-2)13-15-29(27)23-31/h4,6,14,16,22,25,27,29,31-32H,3,5,7-13,15,17-21,23-24H2,1-2H3/t25-,27?,29-,31?,32?/m1/s1. The highest BCUT2D eigenvalue weighted by Crippen LogP contribution is 2.49. The number of fused-ring (bicyclic) bond motifs is 2. The molecule has 0 radical (unpaired) electrons. The van der Waals surface area contributed by atoms with Gasteiger partial charge in [-0.15, -0.1) is 0 Å². The molecular weight excluding hydrogens is 384 g/mol. The molecule has 178 valence electrons. The molecule has 0 aliphatic heterocycles. The van der Waals surface area contributed by atoms with Gasteiger partial charge < -0.3 is 0 Å². The van der Waals surface area contributed by atoms with Gasteiger partial charge in [-0.25, -0.2) is 0 Å². The Bertz CT molecular complexity index is 713. The smallest absolute Gasteiger partial charge is 0.0245 e.